The highest BCUT2D eigenvalue weighted by atomic mass is 19.1. The number of nitrogens with zero attached hydrogens (tertiary/aromatic N) is 2. The summed E-state index contributed by atoms with van der Waals surface area (Å²) in [5.41, 5.74) is 0.468. The fourth-order valence-electron chi connectivity index (χ4n) is 3.94. The lowest BCUT2D eigenvalue weighted by Gasteiger charge is -2.15. The third kappa shape index (κ3) is 7.35. The summed E-state index contributed by atoms with van der Waals surface area (Å²) in [6.07, 6.45) is 4.92. The Bertz CT molecular complexity index is 1480. The van der Waals surface area contributed by atoms with Crippen molar-refractivity contribution in [3.05, 3.63) is 72.2 Å². The molecule has 0 aliphatic heterocycles. The number of benzene rings is 2. The quantitative estimate of drug-likeness (QED) is 0.186. The number of nitrogens with one attached hydrogen (secondary N) is 2. The molecule has 41 heavy (non-hydrogen) atoms. The number of fused-ring (bicyclic) bond motifs is 1. The Morgan fingerprint density at radius 3 is 2.49 bits per heavy atom. The number of anilines is 1. The topological polar surface area (TPSA) is 124 Å². The third-order valence-corrected chi connectivity index (χ3v) is 5.82. The van der Waals surface area contributed by atoms with Gasteiger partial charge in [-0.2, -0.15) is 0 Å². The molecule has 10 nitrogen and oxygen atoms in total. The zero-order chi connectivity index (χ0) is 29.2. The lowest BCUT2D eigenvalue weighted by atomic mass is 10.1. The molecular weight excluding hydrogens is 538 g/mol. The Hall–Kier alpha value is -4.55. The van der Waals surface area contributed by atoms with Gasteiger partial charge in [0.2, 0.25) is 0 Å². The number of amides is 1. The molecular formula is C29H30F2N4O6. The third-order valence-electron chi connectivity index (χ3n) is 5.82. The number of carbonyl (C=O) groups excluding carboxylic acids is 1. The van der Waals surface area contributed by atoms with Crippen molar-refractivity contribution in [1.82, 2.24) is 15.3 Å². The predicted octanol–water partition coefficient (Wildman–Crippen LogP) is 4.71. The molecule has 1 amide bonds. The van der Waals surface area contributed by atoms with Crippen molar-refractivity contribution in [2.45, 2.75) is 13.3 Å². The largest absolute Gasteiger partial charge is 0.493 e. The molecule has 0 spiro atoms. The van der Waals surface area contributed by atoms with E-state index in [1.54, 1.807) is 19.1 Å². The van der Waals surface area contributed by atoms with Crippen LogP contribution in [0.2, 0.25) is 0 Å². The van der Waals surface area contributed by atoms with Crippen LogP contribution in [0.3, 0.4) is 0 Å². The molecule has 0 atom stereocenters. The number of aromatic nitrogens is 2. The van der Waals surface area contributed by atoms with Crippen LogP contribution < -0.4 is 29.6 Å². The first-order chi connectivity index (χ1) is 19.9. The van der Waals surface area contributed by atoms with Crippen molar-refractivity contribution in [3.8, 4) is 28.7 Å². The van der Waals surface area contributed by atoms with Crippen LogP contribution in [0.5, 0.6) is 28.7 Å². The molecule has 12 heteroatoms. The minimum Gasteiger partial charge on any atom is -0.493 e. The average molecular weight is 569 g/mol. The van der Waals surface area contributed by atoms with E-state index in [9.17, 15) is 4.79 Å². The number of rotatable bonds is 14. The molecule has 0 bridgehead atoms. The first-order valence-corrected chi connectivity index (χ1v) is 12.9. The molecule has 2 aromatic carbocycles. The van der Waals surface area contributed by atoms with Crippen molar-refractivity contribution in [2.75, 3.05) is 45.3 Å². The van der Waals surface area contributed by atoms with E-state index >= 15 is 8.78 Å². The number of ether oxygens (including phenoxy) is 4. The molecule has 0 unspecified atom stereocenters. The van der Waals surface area contributed by atoms with Gasteiger partial charge in [0.25, 0.3) is 5.91 Å². The summed E-state index contributed by atoms with van der Waals surface area (Å²) >= 11 is 0. The van der Waals surface area contributed by atoms with Gasteiger partial charge in [-0.05, 0) is 38.1 Å². The summed E-state index contributed by atoms with van der Waals surface area (Å²) < 4.78 is 52.5. The second kappa shape index (κ2) is 14.2. The Kier molecular flexibility index (Phi) is 10.2. The summed E-state index contributed by atoms with van der Waals surface area (Å²) in [5.74, 6) is -2.07. The summed E-state index contributed by atoms with van der Waals surface area (Å²) in [6, 6.07) is 8.18. The molecule has 4 aromatic rings. The van der Waals surface area contributed by atoms with Crippen LogP contribution in [0.15, 0.2) is 55.0 Å². The average Bonchev–Trinajstić information content (AvgIpc) is 2.96. The number of pyridine rings is 2. The smallest absolute Gasteiger partial charge is 0.261 e. The van der Waals surface area contributed by atoms with Gasteiger partial charge in [0.15, 0.2) is 28.9 Å². The van der Waals surface area contributed by atoms with E-state index in [0.717, 1.165) is 12.1 Å². The van der Waals surface area contributed by atoms with Crippen molar-refractivity contribution >= 4 is 22.5 Å². The minimum absolute atomic E-state index is 0.0613. The van der Waals surface area contributed by atoms with Crippen molar-refractivity contribution < 1.29 is 37.6 Å². The van der Waals surface area contributed by atoms with Crippen LogP contribution >= 0.6 is 0 Å². The van der Waals surface area contributed by atoms with Gasteiger partial charge in [0, 0.05) is 54.4 Å². The second-order valence-electron chi connectivity index (χ2n) is 8.63. The number of halogens is 2. The number of hydrogen-bond donors (Lipinski definition) is 3. The molecule has 2 aromatic heterocycles. The van der Waals surface area contributed by atoms with E-state index < -0.39 is 23.3 Å². The number of hydrogen-bond acceptors (Lipinski definition) is 9. The maximum atomic E-state index is 15.1. The van der Waals surface area contributed by atoms with Crippen molar-refractivity contribution in [2.24, 2.45) is 0 Å². The zero-order valence-electron chi connectivity index (χ0n) is 22.6. The maximum Gasteiger partial charge on any atom is 0.261 e. The number of aliphatic hydroxyl groups excluding tert-OH is 1. The standard InChI is InChI=1S/C29H30F2N4O6/c1-3-39-24-5-8-33-17-20(24)29(37)35-18-13-21(30)28(22(31)14-18)41-25-6-9-34-23-16-27(26(38-2)15-19(23)25)40-12-4-7-32-10-11-36/h5-6,8-9,13-17,32,36H,3-4,7,10-12H2,1-2H3,(H,35,37). The molecule has 0 fully saturated rings. The van der Waals surface area contributed by atoms with Gasteiger partial charge in [-0.3, -0.25) is 14.8 Å². The summed E-state index contributed by atoms with van der Waals surface area (Å²) in [6.45, 7) is 3.72. The first kappa shape index (κ1) is 29.4. The molecule has 0 radical (unpaired) electrons. The molecule has 0 saturated heterocycles. The van der Waals surface area contributed by atoms with Crippen molar-refractivity contribution in [3.63, 3.8) is 0 Å². The van der Waals surface area contributed by atoms with Crippen LogP contribution in [0.4, 0.5) is 14.5 Å². The first-order valence-electron chi connectivity index (χ1n) is 12.9. The minimum atomic E-state index is -1.02. The Balaban J connectivity index is 1.53. The maximum absolute atomic E-state index is 15.1. The van der Waals surface area contributed by atoms with E-state index in [4.69, 9.17) is 24.1 Å². The van der Waals surface area contributed by atoms with E-state index in [1.165, 1.54) is 37.8 Å². The monoisotopic (exact) mass is 568 g/mol. The zero-order valence-corrected chi connectivity index (χ0v) is 22.6. The van der Waals surface area contributed by atoms with Gasteiger partial charge in [-0.1, -0.05) is 0 Å². The number of methoxy groups -OCH3 is 1. The highest BCUT2D eigenvalue weighted by Gasteiger charge is 2.19. The molecule has 2 heterocycles. The van der Waals surface area contributed by atoms with Gasteiger partial charge in [0.05, 0.1) is 38.0 Å². The molecule has 3 N–H and O–H groups in total. The summed E-state index contributed by atoms with van der Waals surface area (Å²) in [7, 11) is 1.48. The molecule has 0 saturated carbocycles. The van der Waals surface area contributed by atoms with Crippen LogP contribution in [0.25, 0.3) is 10.9 Å². The predicted molar refractivity (Wildman–Crippen MR) is 148 cm³/mol. The fraction of sp³-hybridized carbons (Fsp3) is 0.276. The number of carbonyl (C=O) groups is 1. The molecule has 216 valence electrons. The molecule has 0 aliphatic rings. The van der Waals surface area contributed by atoms with Crippen LogP contribution in [0, 0.1) is 11.6 Å². The summed E-state index contributed by atoms with van der Waals surface area (Å²) in [5, 5.41) is 14.8. The van der Waals surface area contributed by atoms with Gasteiger partial charge in [-0.25, -0.2) is 8.78 Å². The van der Waals surface area contributed by atoms with Gasteiger partial charge >= 0.3 is 0 Å². The fourth-order valence-corrected chi connectivity index (χ4v) is 3.94. The Morgan fingerprint density at radius 1 is 0.976 bits per heavy atom. The van der Waals surface area contributed by atoms with Gasteiger partial charge in [-0.15, -0.1) is 0 Å². The Morgan fingerprint density at radius 2 is 1.76 bits per heavy atom. The van der Waals surface area contributed by atoms with E-state index in [1.807, 2.05) is 0 Å². The molecule has 4 rings (SSSR count). The SMILES string of the molecule is CCOc1ccncc1C(=O)Nc1cc(F)c(Oc2ccnc3cc(OCCCNCCO)c(OC)cc23)c(F)c1. The lowest BCUT2D eigenvalue weighted by molar-refractivity contribution is 0.102. The highest BCUT2D eigenvalue weighted by molar-refractivity contribution is 6.06. The number of aliphatic hydroxyl groups is 1. The lowest BCUT2D eigenvalue weighted by Crippen LogP contribution is -2.20. The van der Waals surface area contributed by atoms with Crippen molar-refractivity contribution in [1.29, 1.82) is 0 Å². The van der Waals surface area contributed by atoms with E-state index in [2.05, 4.69) is 20.6 Å². The van der Waals surface area contributed by atoms with Crippen LogP contribution in [-0.2, 0) is 0 Å². The highest BCUT2D eigenvalue weighted by Crippen LogP contribution is 2.38. The Labute approximate surface area is 235 Å². The second-order valence-corrected chi connectivity index (χ2v) is 8.63. The normalized spacial score (nSPS) is 10.9. The van der Waals surface area contributed by atoms with Gasteiger partial charge < -0.3 is 34.7 Å². The van der Waals surface area contributed by atoms with E-state index in [-0.39, 0.29) is 23.6 Å². The van der Waals surface area contributed by atoms with E-state index in [0.29, 0.717) is 60.9 Å². The summed E-state index contributed by atoms with van der Waals surface area (Å²) in [4.78, 5) is 21.0. The molecule has 0 aliphatic carbocycles. The van der Waals surface area contributed by atoms with Crippen LogP contribution in [0.1, 0.15) is 23.7 Å². The van der Waals surface area contributed by atoms with Crippen LogP contribution in [-0.4, -0.2) is 61.0 Å². The van der Waals surface area contributed by atoms with Gasteiger partial charge in [0.1, 0.15) is 11.5 Å².